The predicted molar refractivity (Wildman–Crippen MR) is 128 cm³/mol. The lowest BCUT2D eigenvalue weighted by molar-refractivity contribution is -0.131. The molecular formula is C26H36N6O2. The molecule has 4 heterocycles. The van der Waals surface area contributed by atoms with Crippen LogP contribution < -0.4 is 16.2 Å². The van der Waals surface area contributed by atoms with Crippen molar-refractivity contribution in [1.29, 1.82) is 0 Å². The number of allylic oxidation sites excluding steroid dienone is 2. The van der Waals surface area contributed by atoms with Crippen LogP contribution in [0.15, 0.2) is 28.5 Å². The zero-order valence-corrected chi connectivity index (χ0v) is 19.8. The average Bonchev–Trinajstić information content (AvgIpc) is 3.74. The molecule has 3 N–H and O–H groups in total. The van der Waals surface area contributed by atoms with Gasteiger partial charge in [-0.25, -0.2) is 5.43 Å². The molecule has 1 spiro atoms. The molecule has 182 valence electrons. The second kappa shape index (κ2) is 7.92. The summed E-state index contributed by atoms with van der Waals surface area (Å²) in [5, 5.41) is 3.66. The molecular weight excluding hydrogens is 428 g/mol. The highest BCUT2D eigenvalue weighted by Gasteiger charge is 2.60. The molecule has 4 aliphatic heterocycles. The number of fused-ring (bicyclic) bond motifs is 1. The fraction of sp³-hybridized carbons (Fsp3) is 0.731. The number of hydrogen-bond acceptors (Lipinski definition) is 6. The van der Waals surface area contributed by atoms with Crippen molar-refractivity contribution in [3.05, 3.63) is 23.5 Å². The largest absolute Gasteiger partial charge is 0.342 e. The van der Waals surface area contributed by atoms with Crippen LogP contribution in [0.5, 0.6) is 0 Å². The second-order valence-corrected chi connectivity index (χ2v) is 11.7. The summed E-state index contributed by atoms with van der Waals surface area (Å²) < 4.78 is 0. The summed E-state index contributed by atoms with van der Waals surface area (Å²) in [6.07, 6.45) is 15.0. The monoisotopic (exact) mass is 464 g/mol. The fourth-order valence-electron chi connectivity index (χ4n) is 6.80. The van der Waals surface area contributed by atoms with E-state index in [4.69, 9.17) is 4.99 Å². The molecule has 0 aromatic carbocycles. The van der Waals surface area contributed by atoms with Crippen molar-refractivity contribution in [3.8, 4) is 0 Å². The minimum absolute atomic E-state index is 0.124. The molecule has 5 atom stereocenters. The minimum atomic E-state index is -0.354. The molecule has 7 aliphatic rings. The van der Waals surface area contributed by atoms with Crippen LogP contribution in [0.1, 0.15) is 51.4 Å². The third-order valence-electron chi connectivity index (χ3n) is 9.27. The lowest BCUT2D eigenvalue weighted by Gasteiger charge is -2.32. The molecule has 5 fully saturated rings. The van der Waals surface area contributed by atoms with Crippen LogP contribution in [-0.4, -0.2) is 65.7 Å². The highest BCUT2D eigenvalue weighted by molar-refractivity contribution is 5.92. The van der Waals surface area contributed by atoms with Crippen LogP contribution in [0.4, 0.5) is 0 Å². The van der Waals surface area contributed by atoms with Crippen molar-refractivity contribution in [1.82, 2.24) is 26.0 Å². The summed E-state index contributed by atoms with van der Waals surface area (Å²) in [5.74, 6) is 2.93. The Labute approximate surface area is 201 Å². The highest BCUT2D eigenvalue weighted by Crippen LogP contribution is 2.45. The van der Waals surface area contributed by atoms with Gasteiger partial charge in [-0.15, -0.1) is 0 Å². The molecule has 0 radical (unpaired) electrons. The van der Waals surface area contributed by atoms with Crippen molar-refractivity contribution in [3.63, 3.8) is 0 Å². The van der Waals surface area contributed by atoms with Crippen LogP contribution in [0.2, 0.25) is 0 Å². The first kappa shape index (κ1) is 21.1. The van der Waals surface area contributed by atoms with E-state index in [0.717, 1.165) is 76.8 Å². The van der Waals surface area contributed by atoms with E-state index in [1.54, 1.807) is 0 Å². The maximum absolute atomic E-state index is 13.4. The Kier molecular flexibility index (Phi) is 4.92. The van der Waals surface area contributed by atoms with Crippen LogP contribution in [0, 0.1) is 29.6 Å². The number of rotatable bonds is 5. The van der Waals surface area contributed by atoms with Crippen LogP contribution in [0.25, 0.3) is 0 Å². The summed E-state index contributed by atoms with van der Waals surface area (Å²) in [7, 11) is 0. The molecule has 3 aliphatic carbocycles. The first-order chi connectivity index (χ1) is 16.6. The Bertz CT molecular complexity index is 980. The van der Waals surface area contributed by atoms with E-state index in [2.05, 4.69) is 39.4 Å². The van der Waals surface area contributed by atoms with E-state index < -0.39 is 0 Å². The Morgan fingerprint density at radius 1 is 1.18 bits per heavy atom. The Morgan fingerprint density at radius 2 is 2.06 bits per heavy atom. The minimum Gasteiger partial charge on any atom is -0.342 e. The van der Waals surface area contributed by atoms with Gasteiger partial charge in [0.2, 0.25) is 11.8 Å². The van der Waals surface area contributed by atoms with Gasteiger partial charge < -0.3 is 15.2 Å². The van der Waals surface area contributed by atoms with Gasteiger partial charge in [0.15, 0.2) is 0 Å². The second-order valence-electron chi connectivity index (χ2n) is 11.7. The normalized spacial score (nSPS) is 38.1. The van der Waals surface area contributed by atoms with E-state index in [9.17, 15) is 9.59 Å². The summed E-state index contributed by atoms with van der Waals surface area (Å²) in [6, 6.07) is 0. The number of amides is 2. The van der Waals surface area contributed by atoms with Gasteiger partial charge in [-0.1, -0.05) is 12.2 Å². The van der Waals surface area contributed by atoms with Crippen molar-refractivity contribution < 1.29 is 9.59 Å². The molecule has 8 heteroatoms. The molecule has 2 saturated carbocycles. The van der Waals surface area contributed by atoms with Gasteiger partial charge in [-0.3, -0.25) is 19.9 Å². The summed E-state index contributed by atoms with van der Waals surface area (Å²) in [5.41, 5.74) is 8.58. The number of hydrogen-bond donors (Lipinski definition) is 3. The van der Waals surface area contributed by atoms with Gasteiger partial charge in [0.05, 0.1) is 5.70 Å². The van der Waals surface area contributed by atoms with E-state index in [-0.39, 0.29) is 23.5 Å². The topological polar surface area (TPSA) is 89.1 Å². The van der Waals surface area contributed by atoms with Crippen LogP contribution in [0.3, 0.4) is 0 Å². The molecule has 3 saturated heterocycles. The molecule has 4 unspecified atom stereocenters. The molecule has 0 bridgehead atoms. The summed E-state index contributed by atoms with van der Waals surface area (Å²) >= 11 is 0. The number of nitrogens with one attached hydrogen (secondary N) is 3. The third kappa shape index (κ3) is 3.61. The predicted octanol–water partition coefficient (Wildman–Crippen LogP) is 1.53. The molecule has 8 nitrogen and oxygen atoms in total. The quantitative estimate of drug-likeness (QED) is 0.574. The molecule has 0 aromatic rings. The number of carbonyl (C=O) groups is 2. The van der Waals surface area contributed by atoms with Gasteiger partial charge in [0.25, 0.3) is 0 Å². The average molecular weight is 465 g/mol. The van der Waals surface area contributed by atoms with E-state index in [0.29, 0.717) is 29.6 Å². The zero-order chi connectivity index (χ0) is 22.9. The number of likely N-dealkylation sites (tertiary alicyclic amines) is 1. The van der Waals surface area contributed by atoms with Crippen molar-refractivity contribution >= 4 is 18.0 Å². The third-order valence-corrected chi connectivity index (χ3v) is 9.27. The maximum Gasteiger partial charge on any atom is 0.244 e. The fourth-order valence-corrected chi connectivity index (χ4v) is 6.80. The van der Waals surface area contributed by atoms with Gasteiger partial charge in [-0.05, 0) is 63.2 Å². The molecule has 7 rings (SSSR count). The molecule has 2 amide bonds. The van der Waals surface area contributed by atoms with Crippen molar-refractivity contribution in [2.45, 2.75) is 63.1 Å². The van der Waals surface area contributed by atoms with Gasteiger partial charge >= 0.3 is 0 Å². The summed E-state index contributed by atoms with van der Waals surface area (Å²) in [6.45, 7) is 3.38. The van der Waals surface area contributed by atoms with Gasteiger partial charge in [-0.2, -0.15) is 0 Å². The Hall–Kier alpha value is -2.19. The summed E-state index contributed by atoms with van der Waals surface area (Å²) in [4.78, 5) is 34.9. The lowest BCUT2D eigenvalue weighted by atomic mass is 9.76. The van der Waals surface area contributed by atoms with E-state index in [1.807, 2.05) is 4.90 Å². The van der Waals surface area contributed by atoms with E-state index >= 15 is 0 Å². The lowest BCUT2D eigenvalue weighted by Crippen LogP contribution is -2.42. The Balaban J connectivity index is 1.02. The standard InChI is InChI=1S/C26H36N6O2/c33-24(17-1-2-17)31-10-7-16(14-31)15-32-23(29-26(8-9-26)25(32)34)22-6-4-19(12-27-22)18-3-5-21-20(11-18)13-28-30-21/h5-6,12,16-20,23,28-30H,1-4,7-11,13-15H2/t16-,18?,19?,20?,23?/m1/s1. The Morgan fingerprint density at radius 3 is 2.82 bits per heavy atom. The molecule has 0 aromatic heterocycles. The number of carbonyl (C=O) groups excluding carboxylic acids is 2. The molecule has 34 heavy (non-hydrogen) atoms. The van der Waals surface area contributed by atoms with Crippen molar-refractivity contribution in [2.75, 3.05) is 26.2 Å². The number of hydrazine groups is 1. The number of nitrogens with zero attached hydrogens (tertiary/aromatic N) is 3. The van der Waals surface area contributed by atoms with Gasteiger partial charge in [0, 0.05) is 55.8 Å². The highest BCUT2D eigenvalue weighted by atomic mass is 16.2. The first-order valence-electron chi connectivity index (χ1n) is 13.4. The van der Waals surface area contributed by atoms with Gasteiger partial charge in [0.1, 0.15) is 11.7 Å². The smallest absolute Gasteiger partial charge is 0.244 e. The zero-order valence-electron chi connectivity index (χ0n) is 19.8. The SMILES string of the molecule is O=C(C1CC1)N1CC[C@@H](CN2C(=O)C3(CC3)NC2C2=CCC(C3CC=C4NNCC4C3)C=N2)C1. The van der Waals surface area contributed by atoms with Crippen LogP contribution >= 0.6 is 0 Å². The first-order valence-corrected chi connectivity index (χ1v) is 13.4. The maximum atomic E-state index is 13.4. The van der Waals surface area contributed by atoms with Crippen LogP contribution in [-0.2, 0) is 9.59 Å². The number of aliphatic imine (C=N–C) groups is 1. The van der Waals surface area contributed by atoms with E-state index in [1.165, 1.54) is 12.1 Å². The van der Waals surface area contributed by atoms with Crippen molar-refractivity contribution in [2.24, 2.45) is 34.6 Å².